The molecule has 3 aromatic heterocycles. The Kier molecular flexibility index (Phi) is 3.59. The fourth-order valence-corrected chi connectivity index (χ4v) is 2.79. The number of rotatable bonds is 3. The van der Waals surface area contributed by atoms with E-state index in [0.29, 0.717) is 11.8 Å². The van der Waals surface area contributed by atoms with Gasteiger partial charge in [0.15, 0.2) is 0 Å². The van der Waals surface area contributed by atoms with E-state index < -0.39 is 0 Å². The van der Waals surface area contributed by atoms with Crippen LogP contribution in [0.1, 0.15) is 11.3 Å². The molecular formula is C19H14N4O. The lowest BCUT2D eigenvalue weighted by Crippen LogP contribution is -2.10. The predicted molar refractivity (Wildman–Crippen MR) is 92.6 cm³/mol. The van der Waals surface area contributed by atoms with E-state index in [9.17, 15) is 4.79 Å². The first-order chi connectivity index (χ1) is 11.8. The third kappa shape index (κ3) is 2.67. The van der Waals surface area contributed by atoms with Gasteiger partial charge in [-0.05, 0) is 23.1 Å². The van der Waals surface area contributed by atoms with Gasteiger partial charge in [0.2, 0.25) is 0 Å². The summed E-state index contributed by atoms with van der Waals surface area (Å²) in [6.45, 7) is 0. The summed E-state index contributed by atoms with van der Waals surface area (Å²) in [5.41, 5.74) is 3.32. The van der Waals surface area contributed by atoms with Gasteiger partial charge < -0.3 is 4.98 Å². The van der Waals surface area contributed by atoms with E-state index in [1.165, 1.54) is 6.33 Å². The highest BCUT2D eigenvalue weighted by atomic mass is 16.1. The van der Waals surface area contributed by atoms with Crippen LogP contribution in [0.25, 0.3) is 22.0 Å². The van der Waals surface area contributed by atoms with Crippen molar-refractivity contribution in [3.63, 3.8) is 0 Å². The minimum absolute atomic E-state index is 0.123. The summed E-state index contributed by atoms with van der Waals surface area (Å²) in [5.74, 6) is 0. The zero-order valence-electron chi connectivity index (χ0n) is 12.8. The molecule has 5 nitrogen and oxygen atoms in total. The quantitative estimate of drug-likeness (QED) is 0.631. The molecule has 0 unspecified atom stereocenters. The molecule has 0 bridgehead atoms. The van der Waals surface area contributed by atoms with Gasteiger partial charge in [-0.15, -0.1) is 0 Å². The van der Waals surface area contributed by atoms with Crippen molar-refractivity contribution in [3.8, 4) is 11.3 Å². The molecule has 0 aliphatic carbocycles. The topological polar surface area (TPSA) is 71.5 Å². The lowest BCUT2D eigenvalue weighted by molar-refractivity contribution is 1.08. The molecule has 1 aromatic carbocycles. The Morgan fingerprint density at radius 1 is 1.00 bits per heavy atom. The summed E-state index contributed by atoms with van der Waals surface area (Å²) < 4.78 is 0. The van der Waals surface area contributed by atoms with Gasteiger partial charge in [0, 0.05) is 30.6 Å². The molecule has 1 N–H and O–H groups in total. The van der Waals surface area contributed by atoms with Gasteiger partial charge in [-0.2, -0.15) is 0 Å². The van der Waals surface area contributed by atoms with Crippen LogP contribution in [-0.4, -0.2) is 19.9 Å². The number of nitrogens with one attached hydrogen (secondary N) is 1. The fraction of sp³-hybridized carbons (Fsp3) is 0.0526. The third-order valence-electron chi connectivity index (χ3n) is 3.90. The van der Waals surface area contributed by atoms with E-state index in [1.807, 2.05) is 42.5 Å². The van der Waals surface area contributed by atoms with Crippen molar-refractivity contribution >= 4 is 10.8 Å². The second-order valence-electron chi connectivity index (χ2n) is 5.51. The van der Waals surface area contributed by atoms with Crippen LogP contribution in [0.2, 0.25) is 0 Å². The molecule has 0 aliphatic rings. The van der Waals surface area contributed by atoms with Gasteiger partial charge in [0.25, 0.3) is 5.56 Å². The summed E-state index contributed by atoms with van der Waals surface area (Å²) in [5, 5.41) is 1.49. The molecule has 24 heavy (non-hydrogen) atoms. The molecule has 0 saturated carbocycles. The van der Waals surface area contributed by atoms with Crippen molar-refractivity contribution in [1.82, 2.24) is 19.9 Å². The van der Waals surface area contributed by atoms with Crippen molar-refractivity contribution < 1.29 is 0 Å². The highest BCUT2D eigenvalue weighted by molar-refractivity contribution is 5.87. The number of pyridine rings is 2. The normalized spacial score (nSPS) is 10.8. The Morgan fingerprint density at radius 3 is 2.58 bits per heavy atom. The maximum Gasteiger partial charge on any atom is 0.257 e. The van der Waals surface area contributed by atoms with Crippen LogP contribution >= 0.6 is 0 Å². The molecule has 0 spiro atoms. The minimum Gasteiger partial charge on any atom is -0.329 e. The predicted octanol–water partition coefficient (Wildman–Crippen LogP) is 2.97. The van der Waals surface area contributed by atoms with Gasteiger partial charge in [-0.3, -0.25) is 9.78 Å². The van der Waals surface area contributed by atoms with E-state index in [0.717, 1.165) is 27.9 Å². The summed E-state index contributed by atoms with van der Waals surface area (Å²) in [6.07, 6.45) is 7.18. The highest BCUT2D eigenvalue weighted by Gasteiger charge is 2.11. The number of hydrogen-bond donors (Lipinski definition) is 1. The fourth-order valence-electron chi connectivity index (χ4n) is 2.79. The number of fused-ring (bicyclic) bond motifs is 1. The van der Waals surface area contributed by atoms with Gasteiger partial charge in [0.05, 0.1) is 16.8 Å². The van der Waals surface area contributed by atoms with Gasteiger partial charge >= 0.3 is 0 Å². The molecule has 0 fully saturated rings. The minimum atomic E-state index is -0.123. The van der Waals surface area contributed by atoms with Crippen LogP contribution in [-0.2, 0) is 6.42 Å². The molecule has 0 amide bonds. The number of hydrogen-bond acceptors (Lipinski definition) is 4. The molecule has 4 aromatic rings. The van der Waals surface area contributed by atoms with Crippen molar-refractivity contribution in [1.29, 1.82) is 0 Å². The lowest BCUT2D eigenvalue weighted by Gasteiger charge is -2.09. The average molecular weight is 314 g/mol. The Balaban J connectivity index is 1.94. The van der Waals surface area contributed by atoms with Crippen LogP contribution < -0.4 is 5.56 Å². The number of aromatic nitrogens is 4. The van der Waals surface area contributed by atoms with Crippen molar-refractivity contribution in [2.24, 2.45) is 0 Å². The molecule has 0 aliphatic heterocycles. The first kappa shape index (κ1) is 14.3. The lowest BCUT2D eigenvalue weighted by atomic mass is 10.0. The Morgan fingerprint density at radius 2 is 1.79 bits per heavy atom. The van der Waals surface area contributed by atoms with Crippen LogP contribution in [0.3, 0.4) is 0 Å². The first-order valence-electron chi connectivity index (χ1n) is 7.62. The van der Waals surface area contributed by atoms with Gasteiger partial charge in [0.1, 0.15) is 6.33 Å². The largest absolute Gasteiger partial charge is 0.329 e. The third-order valence-corrected chi connectivity index (χ3v) is 3.90. The molecule has 4 rings (SSSR count). The number of benzene rings is 1. The number of aromatic amines is 1. The maximum atomic E-state index is 12.3. The van der Waals surface area contributed by atoms with Crippen molar-refractivity contribution in [3.05, 3.63) is 89.0 Å². The van der Waals surface area contributed by atoms with E-state index in [-0.39, 0.29) is 5.56 Å². The van der Waals surface area contributed by atoms with E-state index in [1.54, 1.807) is 18.6 Å². The molecule has 116 valence electrons. The van der Waals surface area contributed by atoms with Gasteiger partial charge in [-0.25, -0.2) is 9.97 Å². The van der Waals surface area contributed by atoms with Crippen LogP contribution in [0, 0.1) is 0 Å². The van der Waals surface area contributed by atoms with E-state index >= 15 is 0 Å². The van der Waals surface area contributed by atoms with Crippen LogP contribution in [0.5, 0.6) is 0 Å². The molecule has 5 heteroatoms. The molecule has 0 radical (unpaired) electrons. The second kappa shape index (κ2) is 6.04. The standard InChI is InChI=1S/C19H14N4O/c24-19-18-14(6-7-22-19)9-16(15-10-20-12-21-11-15)23-17(18)8-13-4-2-1-3-5-13/h1-7,9-12H,8H2,(H,22,24). The molecular weight excluding hydrogens is 300 g/mol. The molecule has 0 atom stereocenters. The Labute approximate surface area is 138 Å². The molecule has 3 heterocycles. The smallest absolute Gasteiger partial charge is 0.257 e. The highest BCUT2D eigenvalue weighted by Crippen LogP contribution is 2.23. The van der Waals surface area contributed by atoms with Crippen LogP contribution in [0.4, 0.5) is 0 Å². The molecule has 0 saturated heterocycles. The van der Waals surface area contributed by atoms with Gasteiger partial charge in [-0.1, -0.05) is 30.3 Å². The van der Waals surface area contributed by atoms with Crippen LogP contribution in [0.15, 0.2) is 72.2 Å². The van der Waals surface area contributed by atoms with E-state index in [4.69, 9.17) is 4.98 Å². The summed E-state index contributed by atoms with van der Waals surface area (Å²) in [6, 6.07) is 13.8. The van der Waals surface area contributed by atoms with Crippen molar-refractivity contribution in [2.45, 2.75) is 6.42 Å². The Bertz CT molecular complexity index is 1040. The maximum absolute atomic E-state index is 12.3. The number of H-pyrrole nitrogens is 1. The van der Waals surface area contributed by atoms with E-state index in [2.05, 4.69) is 15.0 Å². The number of nitrogens with zero attached hydrogens (tertiary/aromatic N) is 3. The first-order valence-corrected chi connectivity index (χ1v) is 7.62. The summed E-state index contributed by atoms with van der Waals surface area (Å²) >= 11 is 0. The second-order valence-corrected chi connectivity index (χ2v) is 5.51. The summed E-state index contributed by atoms with van der Waals surface area (Å²) in [7, 11) is 0. The monoisotopic (exact) mass is 314 g/mol. The van der Waals surface area contributed by atoms with Crippen molar-refractivity contribution in [2.75, 3.05) is 0 Å². The zero-order chi connectivity index (χ0) is 16.4. The Hall–Kier alpha value is -3.34. The SMILES string of the molecule is O=c1[nH]ccc2cc(-c3cncnc3)nc(Cc3ccccc3)c12. The zero-order valence-corrected chi connectivity index (χ0v) is 12.8. The average Bonchev–Trinajstić information content (AvgIpc) is 2.63. The summed E-state index contributed by atoms with van der Waals surface area (Å²) in [4.78, 5) is 27.9.